The molecule has 1 aromatic heterocycles. The number of aromatic amines is 1. The Morgan fingerprint density at radius 3 is 2.58 bits per heavy atom. The molecule has 0 radical (unpaired) electrons. The van der Waals surface area contributed by atoms with Gasteiger partial charge in [0.05, 0.1) is 11.0 Å². The molecule has 4 saturated carbocycles. The van der Waals surface area contributed by atoms with E-state index < -0.39 is 0 Å². The number of H-pyrrole nitrogens is 1. The third kappa shape index (κ3) is 4.32. The Hall–Kier alpha value is -3.15. The third-order valence-electron chi connectivity index (χ3n) is 10.2. The summed E-state index contributed by atoms with van der Waals surface area (Å²) in [6, 6.07) is 13.9. The van der Waals surface area contributed by atoms with Crippen molar-refractivity contribution in [3.8, 4) is 11.4 Å². The number of benzene rings is 2. The van der Waals surface area contributed by atoms with E-state index in [4.69, 9.17) is 4.98 Å². The van der Waals surface area contributed by atoms with Gasteiger partial charge in [0.25, 0.3) is 5.91 Å². The van der Waals surface area contributed by atoms with Crippen molar-refractivity contribution in [2.45, 2.75) is 77.2 Å². The highest BCUT2D eigenvalue weighted by Crippen LogP contribution is 2.62. The highest BCUT2D eigenvalue weighted by atomic mass is 16.2. The summed E-state index contributed by atoms with van der Waals surface area (Å²) in [5.41, 5.74) is 3.86. The van der Waals surface area contributed by atoms with Crippen molar-refractivity contribution in [3.05, 3.63) is 48.0 Å². The quantitative estimate of drug-likeness (QED) is 0.357. The molecule has 2 aromatic carbocycles. The minimum atomic E-state index is -0.270. The van der Waals surface area contributed by atoms with Gasteiger partial charge in [-0.15, -0.1) is 0 Å². The molecule has 6 nitrogen and oxygen atoms in total. The van der Waals surface area contributed by atoms with Gasteiger partial charge >= 0.3 is 0 Å². The van der Waals surface area contributed by atoms with Crippen LogP contribution in [0, 0.1) is 29.1 Å². The second-order valence-electron chi connectivity index (χ2n) is 12.9. The first-order valence-corrected chi connectivity index (χ1v) is 14.7. The molecular formula is C32H38N4O2. The average Bonchev–Trinajstić information content (AvgIpc) is 3.44. The predicted octanol–water partition coefficient (Wildman–Crippen LogP) is 6.69. The number of hydrogen-bond donors (Lipinski definition) is 3. The Bertz CT molecular complexity index is 1370. The maximum absolute atomic E-state index is 13.4. The van der Waals surface area contributed by atoms with Crippen LogP contribution in [0.5, 0.6) is 0 Å². The van der Waals surface area contributed by atoms with Gasteiger partial charge in [0, 0.05) is 28.3 Å². The van der Waals surface area contributed by atoms with Crippen molar-refractivity contribution in [3.63, 3.8) is 0 Å². The van der Waals surface area contributed by atoms with Gasteiger partial charge < -0.3 is 15.6 Å². The maximum Gasteiger partial charge on any atom is 0.251 e. The van der Waals surface area contributed by atoms with Gasteiger partial charge in [-0.3, -0.25) is 9.59 Å². The summed E-state index contributed by atoms with van der Waals surface area (Å²) in [5.74, 6) is 4.23. The van der Waals surface area contributed by atoms with Crippen molar-refractivity contribution in [2.75, 3.05) is 5.32 Å². The van der Waals surface area contributed by atoms with Crippen LogP contribution in [0.15, 0.2) is 42.5 Å². The SMILES string of the molecule is CC1(C(=O)Nc2ccc(-c3nc4ccc(C(=O)NC5CCCCC5)cc4[nH]3)cc2)CC2CC3CC(C1)C3C2. The summed E-state index contributed by atoms with van der Waals surface area (Å²) in [4.78, 5) is 34.3. The molecule has 5 atom stereocenters. The van der Waals surface area contributed by atoms with E-state index in [0.29, 0.717) is 5.56 Å². The summed E-state index contributed by atoms with van der Waals surface area (Å²) in [5, 5.41) is 6.42. The Morgan fingerprint density at radius 2 is 1.76 bits per heavy atom. The van der Waals surface area contributed by atoms with Crippen LogP contribution in [-0.4, -0.2) is 27.8 Å². The number of carbonyl (C=O) groups excluding carboxylic acids is 2. The molecule has 5 unspecified atom stereocenters. The van der Waals surface area contributed by atoms with Crippen LogP contribution in [0.4, 0.5) is 5.69 Å². The summed E-state index contributed by atoms with van der Waals surface area (Å²) in [7, 11) is 0. The molecule has 6 heteroatoms. The fraction of sp³-hybridized carbons (Fsp3) is 0.531. The van der Waals surface area contributed by atoms with Crippen LogP contribution >= 0.6 is 0 Å². The fourth-order valence-electron chi connectivity index (χ4n) is 8.18. The summed E-state index contributed by atoms with van der Waals surface area (Å²) in [6.07, 6.45) is 11.9. The highest BCUT2D eigenvalue weighted by Gasteiger charge is 2.55. The van der Waals surface area contributed by atoms with E-state index >= 15 is 0 Å². The standard InChI is InChI=1S/C32H38N4O2/c1-32(17-19-13-22-15-23(18-32)26(22)14-19)31(38)34-25-10-7-20(8-11-25)29-35-27-12-9-21(16-28(27)36-29)30(37)33-24-5-3-2-4-6-24/h7-12,16,19,22-24,26H,2-6,13-15,17-18H2,1H3,(H,33,37)(H,34,38)(H,35,36). The maximum atomic E-state index is 13.4. The Kier molecular flexibility index (Phi) is 5.82. The molecule has 3 aromatic rings. The lowest BCUT2D eigenvalue weighted by Crippen LogP contribution is -2.42. The molecular weight excluding hydrogens is 472 g/mol. The van der Waals surface area contributed by atoms with E-state index in [1.807, 2.05) is 42.5 Å². The molecule has 198 valence electrons. The molecule has 3 N–H and O–H groups in total. The lowest BCUT2D eigenvalue weighted by Gasteiger charge is -2.45. The van der Waals surface area contributed by atoms with Gasteiger partial charge in [-0.1, -0.05) is 26.2 Å². The second-order valence-corrected chi connectivity index (χ2v) is 12.9. The van der Waals surface area contributed by atoms with Crippen LogP contribution in [0.1, 0.15) is 81.5 Å². The van der Waals surface area contributed by atoms with Crippen LogP contribution in [0.2, 0.25) is 0 Å². The van der Waals surface area contributed by atoms with E-state index in [1.54, 1.807) is 0 Å². The number of imidazole rings is 1. The topological polar surface area (TPSA) is 86.9 Å². The second kappa shape index (κ2) is 9.25. The van der Waals surface area contributed by atoms with Crippen molar-refractivity contribution in [1.29, 1.82) is 0 Å². The molecule has 7 rings (SSSR count). The number of carbonyl (C=O) groups is 2. The number of amides is 2. The van der Waals surface area contributed by atoms with Crippen LogP contribution in [0.25, 0.3) is 22.4 Å². The van der Waals surface area contributed by atoms with E-state index in [2.05, 4.69) is 22.5 Å². The van der Waals surface area contributed by atoms with Crippen molar-refractivity contribution in [2.24, 2.45) is 29.1 Å². The van der Waals surface area contributed by atoms with Crippen molar-refractivity contribution in [1.82, 2.24) is 15.3 Å². The Labute approximate surface area is 224 Å². The van der Waals surface area contributed by atoms with Crippen LogP contribution < -0.4 is 10.6 Å². The Morgan fingerprint density at radius 1 is 0.947 bits per heavy atom. The van der Waals surface area contributed by atoms with Gasteiger partial charge in [0.2, 0.25) is 5.91 Å². The number of fused-ring (bicyclic) bond motifs is 2. The first-order valence-electron chi connectivity index (χ1n) is 14.7. The summed E-state index contributed by atoms with van der Waals surface area (Å²) in [6.45, 7) is 2.18. The number of nitrogens with one attached hydrogen (secondary N) is 3. The number of aromatic nitrogens is 2. The van der Waals surface area contributed by atoms with Gasteiger partial charge in [0.15, 0.2) is 0 Å². The minimum absolute atomic E-state index is 0.0117. The van der Waals surface area contributed by atoms with Gasteiger partial charge in [-0.05, 0) is 111 Å². The minimum Gasteiger partial charge on any atom is -0.349 e. The smallest absolute Gasteiger partial charge is 0.251 e. The van der Waals surface area contributed by atoms with Crippen LogP contribution in [0.3, 0.4) is 0 Å². The van der Waals surface area contributed by atoms with Crippen molar-refractivity contribution >= 4 is 28.5 Å². The lowest BCUT2D eigenvalue weighted by atomic mass is 9.60. The molecule has 4 aliphatic rings. The van der Waals surface area contributed by atoms with E-state index in [9.17, 15) is 9.59 Å². The van der Waals surface area contributed by atoms with Gasteiger partial charge in [0.1, 0.15) is 5.82 Å². The number of anilines is 1. The van der Waals surface area contributed by atoms with E-state index in [0.717, 1.165) is 77.5 Å². The zero-order valence-electron chi connectivity index (χ0n) is 22.3. The third-order valence-corrected chi connectivity index (χ3v) is 10.2. The molecule has 4 fully saturated rings. The number of nitrogens with zero attached hydrogens (tertiary/aromatic N) is 1. The lowest BCUT2D eigenvalue weighted by molar-refractivity contribution is -0.128. The molecule has 2 bridgehead atoms. The summed E-state index contributed by atoms with van der Waals surface area (Å²) >= 11 is 0. The average molecular weight is 511 g/mol. The molecule has 0 spiro atoms. The largest absolute Gasteiger partial charge is 0.349 e. The molecule has 1 heterocycles. The number of hydrogen-bond acceptors (Lipinski definition) is 3. The van der Waals surface area contributed by atoms with E-state index in [1.165, 1.54) is 38.5 Å². The first-order chi connectivity index (χ1) is 18.4. The zero-order valence-corrected chi connectivity index (χ0v) is 22.3. The number of rotatable bonds is 5. The molecule has 0 saturated heterocycles. The first kappa shape index (κ1) is 23.9. The van der Waals surface area contributed by atoms with E-state index in [-0.39, 0.29) is 23.3 Å². The van der Waals surface area contributed by atoms with Gasteiger partial charge in [-0.25, -0.2) is 4.98 Å². The zero-order chi connectivity index (χ0) is 25.9. The highest BCUT2D eigenvalue weighted by molar-refractivity contribution is 5.98. The van der Waals surface area contributed by atoms with Crippen LogP contribution in [-0.2, 0) is 4.79 Å². The Balaban J connectivity index is 1.03. The normalized spacial score (nSPS) is 30.4. The predicted molar refractivity (Wildman–Crippen MR) is 150 cm³/mol. The summed E-state index contributed by atoms with van der Waals surface area (Å²) < 4.78 is 0. The molecule has 38 heavy (non-hydrogen) atoms. The monoisotopic (exact) mass is 510 g/mol. The molecule has 0 aliphatic heterocycles. The van der Waals surface area contributed by atoms with Crippen molar-refractivity contribution < 1.29 is 9.59 Å². The molecule has 4 aliphatic carbocycles. The van der Waals surface area contributed by atoms with Gasteiger partial charge in [-0.2, -0.15) is 0 Å². The fourth-order valence-corrected chi connectivity index (χ4v) is 8.18. The molecule has 2 amide bonds.